The van der Waals surface area contributed by atoms with Crippen molar-refractivity contribution in [2.75, 3.05) is 13.2 Å². The van der Waals surface area contributed by atoms with Crippen LogP contribution in [-0.4, -0.2) is 46.6 Å². The van der Waals surface area contributed by atoms with Crippen LogP contribution in [0.4, 0.5) is 0 Å². The van der Waals surface area contributed by atoms with Crippen LogP contribution in [0, 0.1) is 17.8 Å². The summed E-state index contributed by atoms with van der Waals surface area (Å²) in [7, 11) is 0. The molecule has 3 aliphatic carbocycles. The van der Waals surface area contributed by atoms with E-state index in [9.17, 15) is 19.2 Å². The molecule has 0 bridgehead atoms. The van der Waals surface area contributed by atoms with E-state index in [1.165, 1.54) is 11.0 Å². The monoisotopic (exact) mass is 523 g/mol. The van der Waals surface area contributed by atoms with E-state index in [4.69, 9.17) is 9.84 Å². The molecule has 1 heterocycles. The second-order valence-electron chi connectivity index (χ2n) is 10.6. The number of hydrogen-bond acceptors (Lipinski definition) is 6. The molecule has 4 aliphatic rings. The van der Waals surface area contributed by atoms with Crippen LogP contribution in [0.3, 0.4) is 0 Å². The van der Waals surface area contributed by atoms with Gasteiger partial charge in [-0.1, -0.05) is 54.1 Å². The first-order valence-electron chi connectivity index (χ1n) is 13.3. The lowest BCUT2D eigenvalue weighted by molar-refractivity contribution is -0.140. The minimum atomic E-state index is -0.570. The zero-order valence-corrected chi connectivity index (χ0v) is 21.6. The highest BCUT2D eigenvalue weighted by molar-refractivity contribution is 6.23. The van der Waals surface area contributed by atoms with Gasteiger partial charge in [-0.2, -0.15) is 0 Å². The summed E-state index contributed by atoms with van der Waals surface area (Å²) in [6.45, 7) is 1.94. The number of aliphatic hydroxyl groups excluding tert-OH is 1. The van der Waals surface area contributed by atoms with Gasteiger partial charge in [-0.15, -0.1) is 0 Å². The van der Waals surface area contributed by atoms with Gasteiger partial charge in [0.05, 0.1) is 25.0 Å². The number of nitrogens with zero attached hydrogens (tertiary/aromatic N) is 1. The van der Waals surface area contributed by atoms with Gasteiger partial charge in [-0.05, 0) is 55.0 Å². The number of Topliss-reactive ketones (excluding diaryl/α,β-unsaturated/α-hetero) is 1. The maximum Gasteiger partial charge on any atom is 0.234 e. The average molecular weight is 524 g/mol. The standard InChI is InChI=1S/C32H29NO6/c1-18-15-26(35)25-16-24-22(27(29(25)30(18)36)20-7-9-21(10-8-20)39-14-13-34)11-12-23-28(24)32(38)33(31(23)37)17-19-5-3-2-4-6-19/h2-11,15,23-24,27-28,34H,12-14,16-17H2,1H3. The molecule has 1 saturated heterocycles. The molecule has 1 fully saturated rings. The average Bonchev–Trinajstić information content (AvgIpc) is 3.19. The van der Waals surface area contributed by atoms with Gasteiger partial charge in [0.2, 0.25) is 11.8 Å². The topological polar surface area (TPSA) is 101 Å². The molecular formula is C32H29NO6. The quantitative estimate of drug-likeness (QED) is 0.352. The Morgan fingerprint density at radius 2 is 1.69 bits per heavy atom. The Hall–Kier alpha value is -4.10. The molecule has 0 spiro atoms. The van der Waals surface area contributed by atoms with Crippen LogP contribution in [0.15, 0.2) is 89.0 Å². The summed E-state index contributed by atoms with van der Waals surface area (Å²) in [6.07, 6.45) is 4.10. The van der Waals surface area contributed by atoms with Gasteiger partial charge in [0.1, 0.15) is 12.4 Å². The van der Waals surface area contributed by atoms with Crippen molar-refractivity contribution >= 4 is 23.4 Å². The van der Waals surface area contributed by atoms with Crippen molar-refractivity contribution in [2.45, 2.75) is 32.2 Å². The molecule has 2 aromatic rings. The molecule has 0 saturated carbocycles. The fraction of sp³-hybridized carbons (Fsp3) is 0.312. The number of fused-ring (bicyclic) bond motifs is 3. The van der Waals surface area contributed by atoms with Crippen molar-refractivity contribution < 1.29 is 29.0 Å². The molecule has 0 aromatic heterocycles. The molecular weight excluding hydrogens is 494 g/mol. The van der Waals surface area contributed by atoms with Gasteiger partial charge in [-0.3, -0.25) is 24.1 Å². The first-order chi connectivity index (χ1) is 18.9. The van der Waals surface area contributed by atoms with E-state index in [-0.39, 0.29) is 55.5 Å². The number of ether oxygens (including phenoxy) is 1. The maximum atomic E-state index is 13.8. The third-order valence-corrected chi connectivity index (χ3v) is 8.41. The Kier molecular flexibility index (Phi) is 6.39. The van der Waals surface area contributed by atoms with Gasteiger partial charge in [0.25, 0.3) is 0 Å². The number of ketones is 2. The summed E-state index contributed by atoms with van der Waals surface area (Å²) in [5, 5.41) is 9.07. The third-order valence-electron chi connectivity index (χ3n) is 8.41. The highest BCUT2D eigenvalue weighted by Crippen LogP contribution is 2.55. The van der Waals surface area contributed by atoms with Crippen LogP contribution in [0.5, 0.6) is 5.75 Å². The Balaban J connectivity index is 1.40. The maximum absolute atomic E-state index is 13.8. The largest absolute Gasteiger partial charge is 0.491 e. The molecule has 6 rings (SSSR count). The van der Waals surface area contributed by atoms with Crippen LogP contribution in [0.25, 0.3) is 0 Å². The van der Waals surface area contributed by atoms with E-state index in [0.29, 0.717) is 28.9 Å². The number of carbonyl (C=O) groups excluding carboxylic acids is 4. The lowest BCUT2D eigenvalue weighted by Gasteiger charge is -2.42. The lowest BCUT2D eigenvalue weighted by Crippen LogP contribution is -2.39. The van der Waals surface area contributed by atoms with E-state index >= 15 is 0 Å². The summed E-state index contributed by atoms with van der Waals surface area (Å²) in [6, 6.07) is 16.8. The molecule has 39 heavy (non-hydrogen) atoms. The van der Waals surface area contributed by atoms with Crippen LogP contribution < -0.4 is 4.74 Å². The van der Waals surface area contributed by atoms with E-state index in [1.54, 1.807) is 19.1 Å². The summed E-state index contributed by atoms with van der Waals surface area (Å²) < 4.78 is 5.51. The van der Waals surface area contributed by atoms with E-state index in [1.807, 2.05) is 48.5 Å². The smallest absolute Gasteiger partial charge is 0.234 e. The van der Waals surface area contributed by atoms with Crippen LogP contribution in [-0.2, 0) is 25.7 Å². The second kappa shape index (κ2) is 9.89. The zero-order valence-electron chi connectivity index (χ0n) is 21.6. The van der Waals surface area contributed by atoms with Crippen LogP contribution in [0.1, 0.15) is 36.8 Å². The number of likely N-dealkylation sites (tertiary alicyclic amines) is 1. The molecule has 7 nitrogen and oxygen atoms in total. The number of aliphatic hydroxyl groups is 1. The molecule has 4 unspecified atom stereocenters. The number of hydrogen-bond donors (Lipinski definition) is 1. The Labute approximate surface area is 226 Å². The highest BCUT2D eigenvalue weighted by atomic mass is 16.5. The minimum Gasteiger partial charge on any atom is -0.491 e. The number of benzene rings is 2. The zero-order chi connectivity index (χ0) is 27.3. The Morgan fingerprint density at radius 3 is 2.41 bits per heavy atom. The minimum absolute atomic E-state index is 0.103. The first kappa shape index (κ1) is 25.2. The van der Waals surface area contributed by atoms with Crippen LogP contribution >= 0.6 is 0 Å². The Morgan fingerprint density at radius 1 is 0.949 bits per heavy atom. The molecule has 1 N–H and O–H groups in total. The van der Waals surface area contributed by atoms with Gasteiger partial charge >= 0.3 is 0 Å². The summed E-state index contributed by atoms with van der Waals surface area (Å²) in [5.74, 6) is -2.03. The van der Waals surface area contributed by atoms with Crippen molar-refractivity contribution in [3.63, 3.8) is 0 Å². The fourth-order valence-corrected chi connectivity index (χ4v) is 6.65. The third kappa shape index (κ3) is 4.17. The van der Waals surface area contributed by atoms with Gasteiger partial charge in [0.15, 0.2) is 11.6 Å². The van der Waals surface area contributed by atoms with Gasteiger partial charge in [0, 0.05) is 22.6 Å². The number of rotatable bonds is 6. The lowest BCUT2D eigenvalue weighted by atomic mass is 9.59. The number of imide groups is 1. The number of amides is 2. The van der Waals surface area contributed by atoms with Crippen molar-refractivity contribution in [1.82, 2.24) is 4.90 Å². The molecule has 7 heteroatoms. The summed E-state index contributed by atoms with van der Waals surface area (Å²) >= 11 is 0. The van der Waals surface area contributed by atoms with Crippen LogP contribution in [0.2, 0.25) is 0 Å². The molecule has 4 atom stereocenters. The van der Waals surface area contributed by atoms with E-state index in [2.05, 4.69) is 0 Å². The number of allylic oxidation sites excluding steroid dienone is 6. The molecule has 0 radical (unpaired) electrons. The first-order valence-corrected chi connectivity index (χ1v) is 13.3. The fourth-order valence-electron chi connectivity index (χ4n) is 6.65. The Bertz CT molecular complexity index is 1470. The van der Waals surface area contributed by atoms with Crippen molar-refractivity contribution in [3.8, 4) is 5.75 Å². The van der Waals surface area contributed by atoms with Crippen molar-refractivity contribution in [1.29, 1.82) is 0 Å². The van der Waals surface area contributed by atoms with E-state index < -0.39 is 17.8 Å². The normalized spacial score (nSPS) is 26.2. The SMILES string of the molecule is CC1=CC(=O)C2=C(C1=O)C(c1ccc(OCCO)cc1)C1=CCC3C(=O)N(Cc4ccccc4)C(=O)C3C1C2. The van der Waals surface area contributed by atoms with Gasteiger partial charge < -0.3 is 9.84 Å². The summed E-state index contributed by atoms with van der Waals surface area (Å²) in [5.41, 5.74) is 3.96. The summed E-state index contributed by atoms with van der Waals surface area (Å²) in [4.78, 5) is 55.4. The predicted octanol–water partition coefficient (Wildman–Crippen LogP) is 3.69. The van der Waals surface area contributed by atoms with Crippen molar-refractivity contribution in [2.24, 2.45) is 17.8 Å². The van der Waals surface area contributed by atoms with Crippen molar-refractivity contribution in [3.05, 3.63) is 100 Å². The molecule has 2 amide bonds. The van der Waals surface area contributed by atoms with Gasteiger partial charge in [-0.25, -0.2) is 0 Å². The second-order valence-corrected chi connectivity index (χ2v) is 10.6. The highest BCUT2D eigenvalue weighted by Gasteiger charge is 2.56. The molecule has 198 valence electrons. The molecule has 2 aromatic carbocycles. The predicted molar refractivity (Wildman–Crippen MR) is 142 cm³/mol. The molecule has 1 aliphatic heterocycles. The number of carbonyl (C=O) groups is 4. The van der Waals surface area contributed by atoms with E-state index in [0.717, 1.165) is 16.7 Å².